The van der Waals surface area contributed by atoms with Crippen molar-refractivity contribution in [2.45, 2.75) is 20.0 Å². The Kier molecular flexibility index (Phi) is 5.61. The van der Waals surface area contributed by atoms with E-state index < -0.39 is 0 Å². The van der Waals surface area contributed by atoms with Gasteiger partial charge in [-0.3, -0.25) is 4.68 Å². The number of nitrogens with one attached hydrogen (secondary N) is 1. The zero-order chi connectivity index (χ0) is 15.9. The standard InChI is InChI=1S/C17H23N3O2/c1-13(2)12-22-17-7-14(5-6-16(17)21-4)8-18-9-15-10-19-20(3)11-15/h5-7,10-11,18H,1,8-9,12H2,2-4H3. The number of ether oxygens (including phenoxy) is 2. The summed E-state index contributed by atoms with van der Waals surface area (Å²) in [5.41, 5.74) is 3.28. The molecule has 118 valence electrons. The molecule has 0 unspecified atom stereocenters. The van der Waals surface area contributed by atoms with E-state index in [0.717, 1.165) is 41.3 Å². The van der Waals surface area contributed by atoms with Crippen molar-refractivity contribution in [1.82, 2.24) is 15.1 Å². The average molecular weight is 301 g/mol. The summed E-state index contributed by atoms with van der Waals surface area (Å²) < 4.78 is 12.9. The Morgan fingerprint density at radius 1 is 1.27 bits per heavy atom. The predicted octanol–water partition coefficient (Wildman–Crippen LogP) is 2.67. The lowest BCUT2D eigenvalue weighted by molar-refractivity contribution is 0.319. The number of rotatable bonds is 8. The van der Waals surface area contributed by atoms with Crippen molar-refractivity contribution in [3.63, 3.8) is 0 Å². The lowest BCUT2D eigenvalue weighted by Crippen LogP contribution is -2.12. The number of hydrogen-bond donors (Lipinski definition) is 1. The van der Waals surface area contributed by atoms with Crippen LogP contribution in [0.2, 0.25) is 0 Å². The highest BCUT2D eigenvalue weighted by Crippen LogP contribution is 2.28. The number of aryl methyl sites for hydroxylation is 1. The Bertz CT molecular complexity index is 635. The highest BCUT2D eigenvalue weighted by atomic mass is 16.5. The molecule has 2 aromatic rings. The van der Waals surface area contributed by atoms with Gasteiger partial charge in [0.15, 0.2) is 11.5 Å². The predicted molar refractivity (Wildman–Crippen MR) is 87.1 cm³/mol. The highest BCUT2D eigenvalue weighted by Gasteiger charge is 2.06. The zero-order valence-electron chi connectivity index (χ0n) is 13.4. The molecule has 22 heavy (non-hydrogen) atoms. The summed E-state index contributed by atoms with van der Waals surface area (Å²) in [6, 6.07) is 5.95. The zero-order valence-corrected chi connectivity index (χ0v) is 13.4. The second kappa shape index (κ2) is 7.66. The van der Waals surface area contributed by atoms with Crippen LogP contribution in [0.25, 0.3) is 0 Å². The van der Waals surface area contributed by atoms with Gasteiger partial charge < -0.3 is 14.8 Å². The minimum absolute atomic E-state index is 0.489. The maximum Gasteiger partial charge on any atom is 0.161 e. The number of hydrogen-bond acceptors (Lipinski definition) is 4. The van der Waals surface area contributed by atoms with Crippen LogP contribution in [0.1, 0.15) is 18.1 Å². The monoisotopic (exact) mass is 301 g/mol. The molecule has 0 aliphatic rings. The third-order valence-electron chi connectivity index (χ3n) is 3.12. The molecule has 1 aromatic carbocycles. The van der Waals surface area contributed by atoms with Crippen LogP contribution >= 0.6 is 0 Å². The molecular formula is C17H23N3O2. The van der Waals surface area contributed by atoms with Gasteiger partial charge in [-0.2, -0.15) is 5.10 Å². The average Bonchev–Trinajstić information content (AvgIpc) is 2.91. The van der Waals surface area contributed by atoms with E-state index in [2.05, 4.69) is 17.0 Å². The van der Waals surface area contributed by atoms with E-state index in [1.165, 1.54) is 0 Å². The van der Waals surface area contributed by atoms with Crippen molar-refractivity contribution in [3.8, 4) is 11.5 Å². The summed E-state index contributed by atoms with van der Waals surface area (Å²) in [5, 5.41) is 7.55. The Morgan fingerprint density at radius 2 is 2.05 bits per heavy atom. The number of methoxy groups -OCH3 is 1. The summed E-state index contributed by atoms with van der Waals surface area (Å²) in [6.07, 6.45) is 3.87. The smallest absolute Gasteiger partial charge is 0.161 e. The van der Waals surface area contributed by atoms with Crippen LogP contribution in [0.5, 0.6) is 11.5 Å². The van der Waals surface area contributed by atoms with Crippen LogP contribution in [-0.2, 0) is 20.1 Å². The molecule has 0 saturated heterocycles. The third kappa shape index (κ3) is 4.63. The molecule has 0 saturated carbocycles. The SMILES string of the molecule is C=C(C)COc1cc(CNCc2cnn(C)c2)ccc1OC. The molecule has 0 amide bonds. The van der Waals surface area contributed by atoms with Crippen LogP contribution in [0.15, 0.2) is 42.7 Å². The summed E-state index contributed by atoms with van der Waals surface area (Å²) in [7, 11) is 3.56. The fraction of sp³-hybridized carbons (Fsp3) is 0.353. The second-order valence-corrected chi connectivity index (χ2v) is 5.36. The van der Waals surface area contributed by atoms with E-state index in [1.54, 1.807) is 11.8 Å². The van der Waals surface area contributed by atoms with Crippen LogP contribution in [-0.4, -0.2) is 23.5 Å². The van der Waals surface area contributed by atoms with Gasteiger partial charge in [-0.1, -0.05) is 12.6 Å². The summed E-state index contributed by atoms with van der Waals surface area (Å²) in [4.78, 5) is 0. The molecule has 5 heteroatoms. The first-order chi connectivity index (χ1) is 10.6. The Morgan fingerprint density at radius 3 is 2.68 bits per heavy atom. The summed E-state index contributed by atoms with van der Waals surface area (Å²) in [5.74, 6) is 1.48. The minimum atomic E-state index is 0.489. The highest BCUT2D eigenvalue weighted by molar-refractivity contribution is 5.43. The number of aromatic nitrogens is 2. The van der Waals surface area contributed by atoms with Gasteiger partial charge in [0.1, 0.15) is 6.61 Å². The molecule has 0 fully saturated rings. The molecule has 1 heterocycles. The van der Waals surface area contributed by atoms with Gasteiger partial charge in [-0.25, -0.2) is 0 Å². The van der Waals surface area contributed by atoms with Crippen molar-refractivity contribution in [2.24, 2.45) is 7.05 Å². The van der Waals surface area contributed by atoms with Crippen LogP contribution in [0.3, 0.4) is 0 Å². The molecule has 0 radical (unpaired) electrons. The molecule has 0 aliphatic heterocycles. The van der Waals surface area contributed by atoms with Crippen molar-refractivity contribution in [2.75, 3.05) is 13.7 Å². The van der Waals surface area contributed by atoms with Crippen molar-refractivity contribution in [3.05, 3.63) is 53.9 Å². The molecule has 0 bridgehead atoms. The first-order valence-electron chi connectivity index (χ1n) is 7.21. The molecule has 2 rings (SSSR count). The van der Waals surface area contributed by atoms with Crippen LogP contribution < -0.4 is 14.8 Å². The molecule has 1 N–H and O–H groups in total. The third-order valence-corrected chi connectivity index (χ3v) is 3.12. The van der Waals surface area contributed by atoms with E-state index in [1.807, 2.05) is 44.6 Å². The Labute approximate surface area is 131 Å². The molecular weight excluding hydrogens is 278 g/mol. The number of nitrogens with zero attached hydrogens (tertiary/aromatic N) is 2. The molecule has 0 aliphatic carbocycles. The van der Waals surface area contributed by atoms with Crippen molar-refractivity contribution in [1.29, 1.82) is 0 Å². The van der Waals surface area contributed by atoms with Gasteiger partial charge in [-0.15, -0.1) is 0 Å². The first kappa shape index (κ1) is 16.1. The topological polar surface area (TPSA) is 48.3 Å². The molecule has 5 nitrogen and oxygen atoms in total. The van der Waals surface area contributed by atoms with E-state index in [9.17, 15) is 0 Å². The van der Waals surface area contributed by atoms with E-state index in [0.29, 0.717) is 6.61 Å². The van der Waals surface area contributed by atoms with E-state index in [4.69, 9.17) is 9.47 Å². The Hall–Kier alpha value is -2.27. The van der Waals surface area contributed by atoms with Gasteiger partial charge >= 0.3 is 0 Å². The van der Waals surface area contributed by atoms with Crippen molar-refractivity contribution >= 4 is 0 Å². The van der Waals surface area contributed by atoms with Crippen LogP contribution in [0.4, 0.5) is 0 Å². The number of benzene rings is 1. The summed E-state index contributed by atoms with van der Waals surface area (Å²) >= 11 is 0. The fourth-order valence-corrected chi connectivity index (χ4v) is 2.06. The molecule has 0 spiro atoms. The fourth-order valence-electron chi connectivity index (χ4n) is 2.06. The summed E-state index contributed by atoms with van der Waals surface area (Å²) in [6.45, 7) is 7.80. The van der Waals surface area contributed by atoms with Gasteiger partial charge in [0.05, 0.1) is 13.3 Å². The van der Waals surface area contributed by atoms with E-state index in [-0.39, 0.29) is 0 Å². The van der Waals surface area contributed by atoms with Gasteiger partial charge in [0.25, 0.3) is 0 Å². The largest absolute Gasteiger partial charge is 0.493 e. The van der Waals surface area contributed by atoms with Gasteiger partial charge in [0.2, 0.25) is 0 Å². The Balaban J connectivity index is 1.95. The maximum absolute atomic E-state index is 5.73. The molecule has 1 aromatic heterocycles. The normalized spacial score (nSPS) is 10.5. The van der Waals surface area contributed by atoms with Crippen LogP contribution in [0, 0.1) is 0 Å². The van der Waals surface area contributed by atoms with Gasteiger partial charge in [-0.05, 0) is 30.2 Å². The minimum Gasteiger partial charge on any atom is -0.493 e. The second-order valence-electron chi connectivity index (χ2n) is 5.36. The lowest BCUT2D eigenvalue weighted by Gasteiger charge is -2.12. The quantitative estimate of drug-likeness (QED) is 0.762. The van der Waals surface area contributed by atoms with E-state index >= 15 is 0 Å². The lowest BCUT2D eigenvalue weighted by atomic mass is 10.2. The van der Waals surface area contributed by atoms with Gasteiger partial charge in [0, 0.05) is 31.9 Å². The maximum atomic E-state index is 5.73. The first-order valence-corrected chi connectivity index (χ1v) is 7.21. The molecule has 0 atom stereocenters. The van der Waals surface area contributed by atoms with Crippen molar-refractivity contribution < 1.29 is 9.47 Å².